The van der Waals surface area contributed by atoms with Crippen molar-refractivity contribution in [3.8, 4) is 17.2 Å². The van der Waals surface area contributed by atoms with Gasteiger partial charge in [0.1, 0.15) is 12.4 Å². The van der Waals surface area contributed by atoms with E-state index in [0.29, 0.717) is 43.4 Å². The second kappa shape index (κ2) is 13.0. The number of ether oxygens (including phenoxy) is 4. The first kappa shape index (κ1) is 28.3. The van der Waals surface area contributed by atoms with Crippen LogP contribution in [0.4, 0.5) is 4.79 Å². The number of amides is 1. The Hall–Kier alpha value is -4.24. The number of carbonyl (C=O) groups is 2. The van der Waals surface area contributed by atoms with E-state index in [-0.39, 0.29) is 25.4 Å². The molecular formula is C32H36N2O7. The van der Waals surface area contributed by atoms with Gasteiger partial charge in [0, 0.05) is 38.1 Å². The van der Waals surface area contributed by atoms with E-state index in [4.69, 9.17) is 18.9 Å². The zero-order valence-corrected chi connectivity index (χ0v) is 23.4. The molecule has 3 aromatic rings. The van der Waals surface area contributed by atoms with E-state index in [1.807, 2.05) is 79.7 Å². The molecule has 3 unspecified atom stereocenters. The summed E-state index contributed by atoms with van der Waals surface area (Å²) in [5.41, 5.74) is 2.69. The van der Waals surface area contributed by atoms with Crippen LogP contribution in [0.2, 0.25) is 0 Å². The first-order chi connectivity index (χ1) is 20.0. The third kappa shape index (κ3) is 6.41. The van der Waals surface area contributed by atoms with Crippen molar-refractivity contribution >= 4 is 12.1 Å². The van der Waals surface area contributed by atoms with Gasteiger partial charge in [-0.3, -0.25) is 9.69 Å². The molecule has 0 bridgehead atoms. The van der Waals surface area contributed by atoms with Gasteiger partial charge in [-0.1, -0.05) is 55.5 Å². The third-order valence-corrected chi connectivity index (χ3v) is 7.78. The van der Waals surface area contributed by atoms with Gasteiger partial charge in [0.2, 0.25) is 6.79 Å². The Kier molecular flexibility index (Phi) is 8.94. The molecule has 1 N–H and O–H groups in total. The van der Waals surface area contributed by atoms with Gasteiger partial charge in [0.15, 0.2) is 11.5 Å². The average molecular weight is 561 g/mol. The van der Waals surface area contributed by atoms with E-state index in [1.54, 1.807) is 12.0 Å². The van der Waals surface area contributed by atoms with E-state index in [0.717, 1.165) is 23.1 Å². The molecule has 0 radical (unpaired) electrons. The third-order valence-electron chi connectivity index (χ3n) is 7.78. The lowest BCUT2D eigenvalue weighted by molar-refractivity contribution is -0.143. The molecule has 2 aliphatic rings. The number of methoxy groups -OCH3 is 1. The minimum absolute atomic E-state index is 0.153. The molecule has 1 saturated heterocycles. The smallest absolute Gasteiger partial charge is 0.410 e. The maximum Gasteiger partial charge on any atom is 0.410 e. The fourth-order valence-corrected chi connectivity index (χ4v) is 5.76. The molecule has 1 fully saturated rings. The number of aliphatic carboxylic acids is 1. The molecule has 5 rings (SSSR count). The average Bonchev–Trinajstić information content (AvgIpc) is 3.63. The van der Waals surface area contributed by atoms with Crippen LogP contribution in [0.15, 0.2) is 72.8 Å². The van der Waals surface area contributed by atoms with Gasteiger partial charge in [0.25, 0.3) is 0 Å². The van der Waals surface area contributed by atoms with E-state index in [2.05, 4.69) is 4.90 Å². The molecule has 41 heavy (non-hydrogen) atoms. The highest BCUT2D eigenvalue weighted by molar-refractivity contribution is 5.74. The molecule has 2 heterocycles. The Morgan fingerprint density at radius 2 is 1.71 bits per heavy atom. The van der Waals surface area contributed by atoms with Crippen LogP contribution < -0.4 is 14.2 Å². The summed E-state index contributed by atoms with van der Waals surface area (Å²) in [6.07, 6.45) is 0.401. The standard InChI is InChI=1S/C32H36N2O7/c1-3-15-33(32(37)39-20-22-7-5-4-6-8-22)16-17-34-19-26(24-11-14-27-28(18-24)41-21-40-27)29(31(35)36)30(34)23-9-12-25(38-2)13-10-23/h4-14,18,26,29-30H,3,15-17,19-21H2,1-2H3,(H,35,36). The summed E-state index contributed by atoms with van der Waals surface area (Å²) in [5.74, 6) is 0.108. The number of carboxylic acid groups (broad SMARTS) is 1. The summed E-state index contributed by atoms with van der Waals surface area (Å²) >= 11 is 0. The molecule has 1 amide bonds. The van der Waals surface area contributed by atoms with Crippen molar-refractivity contribution in [3.63, 3.8) is 0 Å². The van der Waals surface area contributed by atoms with E-state index >= 15 is 0 Å². The molecule has 216 valence electrons. The second-order valence-electron chi connectivity index (χ2n) is 10.3. The number of hydrogen-bond donors (Lipinski definition) is 1. The normalized spacial score (nSPS) is 19.6. The quantitative estimate of drug-likeness (QED) is 0.337. The number of carbonyl (C=O) groups excluding carboxylic acids is 1. The Balaban J connectivity index is 1.38. The predicted octanol–water partition coefficient (Wildman–Crippen LogP) is 5.31. The molecule has 3 atom stereocenters. The van der Waals surface area contributed by atoms with E-state index < -0.39 is 17.9 Å². The van der Waals surface area contributed by atoms with Crippen molar-refractivity contribution in [3.05, 3.63) is 89.5 Å². The Morgan fingerprint density at radius 1 is 0.976 bits per heavy atom. The monoisotopic (exact) mass is 560 g/mol. The first-order valence-corrected chi connectivity index (χ1v) is 13.9. The largest absolute Gasteiger partial charge is 0.497 e. The number of hydrogen-bond acceptors (Lipinski definition) is 7. The molecule has 0 saturated carbocycles. The summed E-state index contributed by atoms with van der Waals surface area (Å²) < 4.78 is 22.0. The van der Waals surface area contributed by atoms with Crippen molar-refractivity contribution in [2.24, 2.45) is 5.92 Å². The van der Waals surface area contributed by atoms with Crippen molar-refractivity contribution in [1.29, 1.82) is 0 Å². The first-order valence-electron chi connectivity index (χ1n) is 13.9. The van der Waals surface area contributed by atoms with Crippen molar-refractivity contribution < 1.29 is 33.6 Å². The van der Waals surface area contributed by atoms with Gasteiger partial charge < -0.3 is 29.0 Å². The molecule has 0 spiro atoms. The molecule has 0 aliphatic carbocycles. The van der Waals surface area contributed by atoms with Crippen LogP contribution >= 0.6 is 0 Å². The summed E-state index contributed by atoms with van der Waals surface area (Å²) in [6.45, 7) is 4.32. The zero-order valence-electron chi connectivity index (χ0n) is 23.4. The fourth-order valence-electron chi connectivity index (χ4n) is 5.76. The van der Waals surface area contributed by atoms with Crippen LogP contribution in [-0.2, 0) is 16.1 Å². The van der Waals surface area contributed by atoms with Gasteiger partial charge in [-0.15, -0.1) is 0 Å². The fraction of sp³-hybridized carbons (Fsp3) is 0.375. The van der Waals surface area contributed by atoms with Crippen LogP contribution in [0.25, 0.3) is 0 Å². The van der Waals surface area contributed by atoms with Crippen molar-refractivity contribution in [2.45, 2.75) is 31.9 Å². The van der Waals surface area contributed by atoms with Crippen molar-refractivity contribution in [1.82, 2.24) is 9.80 Å². The van der Waals surface area contributed by atoms with Crippen LogP contribution in [0, 0.1) is 5.92 Å². The highest BCUT2D eigenvalue weighted by atomic mass is 16.7. The Bertz CT molecular complexity index is 1330. The zero-order chi connectivity index (χ0) is 28.8. The summed E-state index contributed by atoms with van der Waals surface area (Å²) in [6, 6.07) is 22.4. The minimum Gasteiger partial charge on any atom is -0.497 e. The van der Waals surface area contributed by atoms with Crippen LogP contribution in [0.3, 0.4) is 0 Å². The Morgan fingerprint density at radius 3 is 2.41 bits per heavy atom. The highest BCUT2D eigenvalue weighted by Gasteiger charge is 2.47. The minimum atomic E-state index is -0.872. The van der Waals surface area contributed by atoms with E-state index in [1.165, 1.54) is 0 Å². The maximum atomic E-state index is 13.1. The van der Waals surface area contributed by atoms with Crippen molar-refractivity contribution in [2.75, 3.05) is 40.1 Å². The summed E-state index contributed by atoms with van der Waals surface area (Å²) in [7, 11) is 1.60. The van der Waals surface area contributed by atoms with E-state index in [9.17, 15) is 14.7 Å². The Labute approximate surface area is 240 Å². The number of likely N-dealkylation sites (tertiary alicyclic amines) is 1. The highest BCUT2D eigenvalue weighted by Crippen LogP contribution is 2.47. The number of fused-ring (bicyclic) bond motifs is 1. The van der Waals surface area contributed by atoms with Crippen LogP contribution in [0.1, 0.15) is 42.0 Å². The van der Waals surface area contributed by atoms with Gasteiger partial charge >= 0.3 is 12.1 Å². The summed E-state index contributed by atoms with van der Waals surface area (Å²) in [4.78, 5) is 29.8. The topological polar surface area (TPSA) is 97.8 Å². The molecule has 3 aromatic carbocycles. The van der Waals surface area contributed by atoms with Crippen LogP contribution in [-0.4, -0.2) is 67.1 Å². The number of nitrogens with zero attached hydrogens (tertiary/aromatic N) is 2. The second-order valence-corrected chi connectivity index (χ2v) is 10.3. The van der Waals surface area contributed by atoms with Gasteiger partial charge in [-0.05, 0) is 47.4 Å². The SMILES string of the molecule is CCCN(CCN1CC(c2ccc3c(c2)OCO3)C(C(=O)O)C1c1ccc(OC)cc1)C(=O)OCc1ccccc1. The lowest BCUT2D eigenvalue weighted by Gasteiger charge is -2.30. The van der Waals surface area contributed by atoms with Gasteiger partial charge in [0.05, 0.1) is 13.0 Å². The number of rotatable bonds is 11. The molecule has 9 heteroatoms. The van der Waals surface area contributed by atoms with Gasteiger partial charge in [-0.25, -0.2) is 4.79 Å². The van der Waals surface area contributed by atoms with Gasteiger partial charge in [-0.2, -0.15) is 0 Å². The molecule has 9 nitrogen and oxygen atoms in total. The number of carboxylic acids is 1. The number of benzene rings is 3. The molecule has 2 aliphatic heterocycles. The lowest BCUT2D eigenvalue weighted by Crippen LogP contribution is -2.40. The molecular weight excluding hydrogens is 524 g/mol. The maximum absolute atomic E-state index is 13.1. The van der Waals surface area contributed by atoms with Crippen LogP contribution in [0.5, 0.6) is 17.2 Å². The summed E-state index contributed by atoms with van der Waals surface area (Å²) in [5, 5.41) is 10.5. The molecule has 0 aromatic heterocycles. The predicted molar refractivity (Wildman–Crippen MR) is 152 cm³/mol. The lowest BCUT2D eigenvalue weighted by atomic mass is 9.82.